The van der Waals surface area contributed by atoms with Gasteiger partial charge in [-0.05, 0) is 6.92 Å². The molecule has 0 aromatic carbocycles. The first-order valence-corrected chi connectivity index (χ1v) is 6.37. The van der Waals surface area contributed by atoms with Gasteiger partial charge in [0.2, 0.25) is 0 Å². The molecular formula is C12H25N3O10. The van der Waals surface area contributed by atoms with Crippen LogP contribution in [0.4, 0.5) is 0 Å². The van der Waals surface area contributed by atoms with Crippen molar-refractivity contribution in [2.45, 2.75) is 25.9 Å². The molecule has 0 fully saturated rings. The quantitative estimate of drug-likeness (QED) is 0.185. The van der Waals surface area contributed by atoms with Crippen LogP contribution in [0, 0.1) is 5.41 Å². The van der Waals surface area contributed by atoms with Gasteiger partial charge in [-0.3, -0.25) is 19.8 Å². The highest BCUT2D eigenvalue weighted by atomic mass is 16.4. The highest BCUT2D eigenvalue weighted by Crippen LogP contribution is 1.86. The summed E-state index contributed by atoms with van der Waals surface area (Å²) in [5.41, 5.74) is 4.93. The van der Waals surface area contributed by atoms with Gasteiger partial charge in [0.05, 0.1) is 12.8 Å². The predicted octanol–water partition coefficient (Wildman–Crippen LogP) is -2.11. The lowest BCUT2D eigenvalue weighted by atomic mass is 10.3. The number of rotatable bonds is 6. The van der Waals surface area contributed by atoms with Crippen molar-refractivity contribution < 1.29 is 49.8 Å². The van der Waals surface area contributed by atoms with Crippen LogP contribution in [0.5, 0.6) is 0 Å². The normalized spacial score (nSPS) is 9.32. The highest BCUT2D eigenvalue weighted by molar-refractivity contribution is 5.80. The molecule has 0 amide bonds. The minimum Gasteiger partial charge on any atom is -0.481 e. The molecule has 13 nitrogen and oxygen atoms in total. The second-order valence-corrected chi connectivity index (χ2v) is 3.94. The van der Waals surface area contributed by atoms with Crippen LogP contribution in [0.15, 0.2) is 0 Å². The monoisotopic (exact) mass is 371 g/mol. The van der Waals surface area contributed by atoms with Crippen molar-refractivity contribution in [2.75, 3.05) is 20.7 Å². The van der Waals surface area contributed by atoms with Gasteiger partial charge < -0.3 is 41.3 Å². The maximum atomic E-state index is 9.92. The lowest BCUT2D eigenvalue weighted by Gasteiger charge is -2.12. The summed E-state index contributed by atoms with van der Waals surface area (Å²) in [5, 5.41) is 53.4. The van der Waals surface area contributed by atoms with Gasteiger partial charge in [0, 0.05) is 14.2 Å². The van der Waals surface area contributed by atoms with Crippen LogP contribution in [0.3, 0.4) is 0 Å². The summed E-state index contributed by atoms with van der Waals surface area (Å²) in [7, 11) is 2.44. The summed E-state index contributed by atoms with van der Waals surface area (Å²) < 4.78 is 0. The van der Waals surface area contributed by atoms with Gasteiger partial charge in [-0.1, -0.05) is 0 Å². The molecule has 13 heteroatoms. The molecule has 0 spiro atoms. The van der Waals surface area contributed by atoms with Gasteiger partial charge in [-0.25, -0.2) is 4.79 Å². The molecule has 0 saturated heterocycles. The molecule has 0 aromatic rings. The zero-order valence-electron chi connectivity index (χ0n) is 14.0. The maximum Gasteiger partial charge on any atom is 0.332 e. The minimum atomic E-state index is -1.23. The van der Waals surface area contributed by atoms with E-state index in [0.29, 0.717) is 0 Å². The Morgan fingerprint density at radius 1 is 0.960 bits per heavy atom. The smallest absolute Gasteiger partial charge is 0.332 e. The van der Waals surface area contributed by atoms with Gasteiger partial charge in [0.1, 0.15) is 12.6 Å². The maximum absolute atomic E-state index is 9.92. The van der Waals surface area contributed by atoms with Crippen LogP contribution < -0.4 is 5.73 Å². The Hall–Kier alpha value is -2.93. The molecule has 0 radical (unpaired) electrons. The number of nitrogens with one attached hydrogen (secondary N) is 1. The summed E-state index contributed by atoms with van der Waals surface area (Å²) in [6.07, 6.45) is -1.82. The lowest BCUT2D eigenvalue weighted by molar-refractivity contribution is -0.145. The van der Waals surface area contributed by atoms with Crippen molar-refractivity contribution in [3.63, 3.8) is 0 Å². The van der Waals surface area contributed by atoms with E-state index < -0.39 is 30.0 Å². The first-order chi connectivity index (χ1) is 11.3. The lowest BCUT2D eigenvalue weighted by Crippen LogP contribution is -2.36. The summed E-state index contributed by atoms with van der Waals surface area (Å²) in [4.78, 5) is 39.8. The standard InChI is InChI=1S/C4H9N3O2.C4H6O4.C3H6O3.CH4O/c1-7(4(5)6)2-3(8)9;5-3(6)1-2-4(7)8;1-2(4)3(5)6;1-2/h2H2,1H3,(H3,5,6)(H,8,9);1-2H2,(H,5,6)(H,7,8);2,4H,1H3,(H,5,6);2H,1H3. The first-order valence-electron chi connectivity index (χ1n) is 6.37. The van der Waals surface area contributed by atoms with Crippen LogP contribution in [0.25, 0.3) is 0 Å². The molecule has 1 unspecified atom stereocenters. The molecule has 9 N–H and O–H groups in total. The number of hydrogen-bond acceptors (Lipinski definition) is 7. The van der Waals surface area contributed by atoms with Crippen molar-refractivity contribution in [3.05, 3.63) is 0 Å². The molecule has 0 aliphatic rings. The minimum absolute atomic E-state index is 0.227. The van der Waals surface area contributed by atoms with Crippen LogP contribution in [-0.2, 0) is 19.2 Å². The zero-order chi connectivity index (χ0) is 21.2. The summed E-state index contributed by atoms with van der Waals surface area (Å²) >= 11 is 0. The van der Waals surface area contributed by atoms with Crippen molar-refractivity contribution in [1.29, 1.82) is 5.41 Å². The fourth-order valence-corrected chi connectivity index (χ4v) is 0.502. The van der Waals surface area contributed by atoms with E-state index >= 15 is 0 Å². The Labute approximate surface area is 143 Å². The van der Waals surface area contributed by atoms with Crippen LogP contribution in [0.1, 0.15) is 19.8 Å². The first kappa shape index (κ1) is 30.0. The molecule has 0 rings (SSSR count). The SMILES string of the molecule is CC(O)C(=O)O.CN(CC(=O)O)C(=N)N.CO.O=C(O)CCC(=O)O. The van der Waals surface area contributed by atoms with Gasteiger partial charge >= 0.3 is 23.9 Å². The van der Waals surface area contributed by atoms with E-state index in [0.717, 1.165) is 12.0 Å². The van der Waals surface area contributed by atoms with E-state index in [1.54, 1.807) is 0 Å². The fourth-order valence-electron chi connectivity index (χ4n) is 0.502. The van der Waals surface area contributed by atoms with Crippen LogP contribution in [0.2, 0.25) is 0 Å². The number of carbonyl (C=O) groups is 4. The fraction of sp³-hybridized carbons (Fsp3) is 0.583. The van der Waals surface area contributed by atoms with Gasteiger partial charge in [-0.15, -0.1) is 0 Å². The molecule has 0 aliphatic heterocycles. The van der Waals surface area contributed by atoms with Gasteiger partial charge in [0.15, 0.2) is 5.96 Å². The second-order valence-electron chi connectivity index (χ2n) is 3.94. The predicted molar refractivity (Wildman–Crippen MR) is 84.1 cm³/mol. The molecule has 148 valence electrons. The van der Waals surface area contributed by atoms with Crippen molar-refractivity contribution in [1.82, 2.24) is 4.90 Å². The van der Waals surface area contributed by atoms with Gasteiger partial charge in [0.25, 0.3) is 0 Å². The molecule has 1 atom stereocenters. The number of guanidine groups is 1. The summed E-state index contributed by atoms with van der Waals surface area (Å²) in [5.74, 6) is -4.57. The van der Waals surface area contributed by atoms with Crippen molar-refractivity contribution in [3.8, 4) is 0 Å². The van der Waals surface area contributed by atoms with Crippen molar-refractivity contribution >= 4 is 29.8 Å². The van der Waals surface area contributed by atoms with E-state index in [2.05, 4.69) is 0 Å². The molecule has 0 aromatic heterocycles. The van der Waals surface area contributed by atoms with E-state index in [1.165, 1.54) is 14.0 Å². The Kier molecular flexibility index (Phi) is 22.9. The second kappa shape index (κ2) is 19.1. The number of aliphatic hydroxyl groups excluding tert-OH is 2. The van der Waals surface area contributed by atoms with Crippen LogP contribution >= 0.6 is 0 Å². The zero-order valence-corrected chi connectivity index (χ0v) is 14.0. The number of nitrogens with two attached hydrogens (primary N) is 1. The number of aliphatic carboxylic acids is 4. The molecule has 0 saturated carbocycles. The Bertz CT molecular complexity index is 411. The van der Waals surface area contributed by atoms with E-state index in [-0.39, 0.29) is 25.3 Å². The third-order valence-electron chi connectivity index (χ3n) is 1.69. The number of carboxylic acids is 4. The van der Waals surface area contributed by atoms with E-state index in [1.807, 2.05) is 0 Å². The van der Waals surface area contributed by atoms with E-state index in [4.69, 9.17) is 41.8 Å². The third kappa shape index (κ3) is 38.7. The number of aliphatic hydroxyl groups is 2. The Morgan fingerprint density at radius 3 is 1.32 bits per heavy atom. The number of hydrogen-bond donors (Lipinski definition) is 8. The molecule has 0 aliphatic carbocycles. The van der Waals surface area contributed by atoms with Gasteiger partial charge in [-0.2, -0.15) is 0 Å². The summed E-state index contributed by atoms with van der Waals surface area (Å²) in [6.45, 7) is 0.970. The average molecular weight is 371 g/mol. The Morgan fingerprint density at radius 2 is 1.24 bits per heavy atom. The van der Waals surface area contributed by atoms with E-state index in [9.17, 15) is 19.2 Å². The number of nitrogens with zero attached hydrogens (tertiary/aromatic N) is 1. The molecule has 25 heavy (non-hydrogen) atoms. The topological polar surface area (TPSA) is 243 Å². The largest absolute Gasteiger partial charge is 0.481 e. The third-order valence-corrected chi connectivity index (χ3v) is 1.69. The molecule has 0 heterocycles. The highest BCUT2D eigenvalue weighted by Gasteiger charge is 2.03. The average Bonchev–Trinajstić information content (AvgIpc) is 2.47. The summed E-state index contributed by atoms with van der Waals surface area (Å²) in [6, 6.07) is 0. The molecule has 0 bridgehead atoms. The number of carboxylic acid groups (broad SMARTS) is 4. The Balaban J connectivity index is -0.000000128. The number of likely N-dealkylation sites (N-methyl/N-ethyl adjacent to an activating group) is 1. The van der Waals surface area contributed by atoms with Crippen molar-refractivity contribution in [2.24, 2.45) is 5.73 Å². The molecular weight excluding hydrogens is 346 g/mol. The van der Waals surface area contributed by atoms with Crippen LogP contribution in [-0.4, -0.2) is 92.2 Å².